The van der Waals surface area contributed by atoms with Crippen molar-refractivity contribution in [1.29, 1.82) is 0 Å². The fourth-order valence-electron chi connectivity index (χ4n) is 3.92. The molecule has 1 aromatic carbocycles. The van der Waals surface area contributed by atoms with Crippen LogP contribution in [-0.2, 0) is 0 Å². The Balaban J connectivity index is 1.30. The molecule has 9 nitrogen and oxygen atoms in total. The van der Waals surface area contributed by atoms with Gasteiger partial charge in [0, 0.05) is 49.5 Å². The van der Waals surface area contributed by atoms with Crippen LogP contribution >= 0.6 is 0 Å². The number of likely N-dealkylation sites (tertiary alicyclic amines) is 1. The van der Waals surface area contributed by atoms with Crippen molar-refractivity contribution in [2.24, 2.45) is 0 Å². The molecule has 0 radical (unpaired) electrons. The van der Waals surface area contributed by atoms with Crippen molar-refractivity contribution < 1.29 is 14.1 Å². The van der Waals surface area contributed by atoms with Gasteiger partial charge >= 0.3 is 6.03 Å². The molecule has 1 N–H and O–H groups in total. The molecule has 1 saturated heterocycles. The fraction of sp³-hybridized carbons (Fsp3) is 0.375. The molecule has 33 heavy (non-hydrogen) atoms. The van der Waals surface area contributed by atoms with Crippen molar-refractivity contribution in [2.45, 2.75) is 32.6 Å². The Hall–Kier alpha value is -3.75. The summed E-state index contributed by atoms with van der Waals surface area (Å²) in [4.78, 5) is 37.4. The Bertz CT molecular complexity index is 1070. The molecule has 3 amide bonds. The lowest BCUT2D eigenvalue weighted by atomic mass is 9.97. The normalized spacial score (nSPS) is 14.2. The number of pyridine rings is 1. The number of hydrogen-bond acceptors (Lipinski definition) is 6. The maximum absolute atomic E-state index is 12.7. The summed E-state index contributed by atoms with van der Waals surface area (Å²) in [6.45, 7) is 6.43. The van der Waals surface area contributed by atoms with E-state index in [0.29, 0.717) is 54.8 Å². The topological polar surface area (TPSA) is 104 Å². The van der Waals surface area contributed by atoms with E-state index in [4.69, 9.17) is 4.52 Å². The first kappa shape index (κ1) is 22.4. The van der Waals surface area contributed by atoms with Gasteiger partial charge in [-0.1, -0.05) is 11.2 Å². The summed E-state index contributed by atoms with van der Waals surface area (Å²) in [7, 11) is 0. The number of aromatic nitrogens is 3. The highest BCUT2D eigenvalue weighted by atomic mass is 16.5. The first-order chi connectivity index (χ1) is 16.1. The molecule has 0 unspecified atom stereocenters. The molecule has 0 atom stereocenters. The van der Waals surface area contributed by atoms with Gasteiger partial charge in [-0.05, 0) is 63.1 Å². The Morgan fingerprint density at radius 3 is 2.45 bits per heavy atom. The lowest BCUT2D eigenvalue weighted by Gasteiger charge is -2.30. The number of carbonyl (C=O) groups excluding carboxylic acids is 2. The van der Waals surface area contributed by atoms with Gasteiger partial charge in [-0.3, -0.25) is 9.78 Å². The summed E-state index contributed by atoms with van der Waals surface area (Å²) in [6.07, 6.45) is 3.18. The van der Waals surface area contributed by atoms with E-state index in [1.807, 2.05) is 32.0 Å². The second-order valence-electron chi connectivity index (χ2n) is 7.92. The van der Waals surface area contributed by atoms with Crippen molar-refractivity contribution >= 4 is 17.6 Å². The van der Waals surface area contributed by atoms with E-state index in [1.54, 1.807) is 40.3 Å². The minimum atomic E-state index is -0.157. The third kappa shape index (κ3) is 5.19. The van der Waals surface area contributed by atoms with Gasteiger partial charge in [-0.25, -0.2) is 4.79 Å². The van der Waals surface area contributed by atoms with E-state index >= 15 is 0 Å². The van der Waals surface area contributed by atoms with Gasteiger partial charge in [0.05, 0.1) is 0 Å². The standard InChI is InChI=1S/C24H28N6O3/c1-3-29(4-2)23(31)18-8-10-19(11-9-18)26-24(32)30-15-12-17(13-16-30)22-27-21(28-33-22)20-7-5-6-14-25-20/h5-11,14,17H,3-4,12-13,15-16H2,1-2H3,(H,26,32). The first-order valence-electron chi connectivity index (χ1n) is 11.3. The molecule has 0 saturated carbocycles. The van der Waals surface area contributed by atoms with Crippen LogP contribution in [0.5, 0.6) is 0 Å². The van der Waals surface area contributed by atoms with Crippen molar-refractivity contribution in [2.75, 3.05) is 31.5 Å². The zero-order chi connectivity index (χ0) is 23.2. The van der Waals surface area contributed by atoms with Crippen LogP contribution in [0, 0.1) is 0 Å². The van der Waals surface area contributed by atoms with Gasteiger partial charge in [0.1, 0.15) is 5.69 Å². The van der Waals surface area contributed by atoms with E-state index in [2.05, 4.69) is 20.4 Å². The average Bonchev–Trinajstić information content (AvgIpc) is 3.36. The molecule has 2 aromatic heterocycles. The number of hydrogen-bond donors (Lipinski definition) is 1. The minimum absolute atomic E-state index is 0.00724. The number of amides is 3. The van der Waals surface area contributed by atoms with Crippen molar-refractivity contribution in [3.8, 4) is 11.5 Å². The molecule has 172 valence electrons. The Kier molecular flexibility index (Phi) is 6.97. The van der Waals surface area contributed by atoms with Crippen molar-refractivity contribution in [1.82, 2.24) is 24.9 Å². The number of nitrogens with one attached hydrogen (secondary N) is 1. The van der Waals surface area contributed by atoms with Crippen LogP contribution in [0.1, 0.15) is 48.9 Å². The molecule has 1 aliphatic heterocycles. The van der Waals surface area contributed by atoms with Crippen LogP contribution in [0.25, 0.3) is 11.5 Å². The van der Waals surface area contributed by atoms with E-state index in [-0.39, 0.29) is 17.9 Å². The lowest BCUT2D eigenvalue weighted by Crippen LogP contribution is -2.40. The highest BCUT2D eigenvalue weighted by Crippen LogP contribution is 2.28. The largest absolute Gasteiger partial charge is 0.339 e. The van der Waals surface area contributed by atoms with Gasteiger partial charge in [-0.2, -0.15) is 4.98 Å². The van der Waals surface area contributed by atoms with Gasteiger partial charge in [0.25, 0.3) is 5.91 Å². The number of carbonyl (C=O) groups is 2. The van der Waals surface area contributed by atoms with Crippen LogP contribution < -0.4 is 5.32 Å². The number of anilines is 1. The van der Waals surface area contributed by atoms with Crippen LogP contribution in [0.2, 0.25) is 0 Å². The Labute approximate surface area is 192 Å². The molecule has 1 aliphatic rings. The molecule has 9 heteroatoms. The molecule has 3 aromatic rings. The number of urea groups is 1. The van der Waals surface area contributed by atoms with Gasteiger partial charge in [-0.15, -0.1) is 0 Å². The summed E-state index contributed by atoms with van der Waals surface area (Å²) in [5, 5.41) is 6.96. The molecular formula is C24H28N6O3. The molecular weight excluding hydrogens is 420 g/mol. The molecule has 3 heterocycles. The third-order valence-corrected chi connectivity index (χ3v) is 5.90. The molecule has 4 rings (SSSR count). The van der Waals surface area contributed by atoms with Gasteiger partial charge in [0.15, 0.2) is 0 Å². The second kappa shape index (κ2) is 10.2. The monoisotopic (exact) mass is 448 g/mol. The van der Waals surface area contributed by atoms with Gasteiger partial charge < -0.3 is 19.6 Å². The predicted octanol–water partition coefficient (Wildman–Crippen LogP) is 4.03. The summed E-state index contributed by atoms with van der Waals surface area (Å²) in [5.74, 6) is 1.18. The first-order valence-corrected chi connectivity index (χ1v) is 11.3. The minimum Gasteiger partial charge on any atom is -0.339 e. The lowest BCUT2D eigenvalue weighted by molar-refractivity contribution is 0.0773. The van der Waals surface area contributed by atoms with Crippen LogP contribution in [0.15, 0.2) is 53.2 Å². The van der Waals surface area contributed by atoms with Crippen LogP contribution in [-0.4, -0.2) is 63.0 Å². The third-order valence-electron chi connectivity index (χ3n) is 5.90. The van der Waals surface area contributed by atoms with Crippen molar-refractivity contribution in [3.63, 3.8) is 0 Å². The SMILES string of the molecule is CCN(CC)C(=O)c1ccc(NC(=O)N2CCC(c3nc(-c4ccccn4)no3)CC2)cc1. The van der Waals surface area contributed by atoms with E-state index < -0.39 is 0 Å². The highest BCUT2D eigenvalue weighted by molar-refractivity contribution is 5.95. The van der Waals surface area contributed by atoms with Crippen LogP contribution in [0.4, 0.5) is 10.5 Å². The maximum Gasteiger partial charge on any atom is 0.321 e. The molecule has 0 aliphatic carbocycles. The zero-order valence-corrected chi connectivity index (χ0v) is 18.9. The summed E-state index contributed by atoms with van der Waals surface area (Å²) < 4.78 is 5.46. The molecule has 1 fully saturated rings. The maximum atomic E-state index is 12.7. The second-order valence-corrected chi connectivity index (χ2v) is 7.92. The summed E-state index contributed by atoms with van der Waals surface area (Å²) in [6, 6.07) is 12.4. The Morgan fingerprint density at radius 1 is 1.09 bits per heavy atom. The molecule has 0 bridgehead atoms. The highest BCUT2D eigenvalue weighted by Gasteiger charge is 2.28. The van der Waals surface area contributed by atoms with Crippen molar-refractivity contribution in [3.05, 3.63) is 60.1 Å². The predicted molar refractivity (Wildman–Crippen MR) is 124 cm³/mol. The average molecular weight is 449 g/mol. The van der Waals surface area contributed by atoms with Crippen LogP contribution in [0.3, 0.4) is 0 Å². The van der Waals surface area contributed by atoms with E-state index in [1.165, 1.54) is 0 Å². The quantitative estimate of drug-likeness (QED) is 0.611. The fourth-order valence-corrected chi connectivity index (χ4v) is 3.92. The van der Waals surface area contributed by atoms with E-state index in [9.17, 15) is 9.59 Å². The number of piperidine rings is 1. The zero-order valence-electron chi connectivity index (χ0n) is 18.9. The number of rotatable bonds is 6. The summed E-state index contributed by atoms with van der Waals surface area (Å²) >= 11 is 0. The van der Waals surface area contributed by atoms with Gasteiger partial charge in [0.2, 0.25) is 11.7 Å². The molecule has 0 spiro atoms. The number of nitrogens with zero attached hydrogens (tertiary/aromatic N) is 5. The van der Waals surface area contributed by atoms with E-state index in [0.717, 1.165) is 12.8 Å². The smallest absolute Gasteiger partial charge is 0.321 e. The number of benzene rings is 1. The Morgan fingerprint density at radius 2 is 1.82 bits per heavy atom. The summed E-state index contributed by atoms with van der Waals surface area (Å²) in [5.41, 5.74) is 1.95.